The molecule has 3 rings (SSSR count). The molecule has 170 valence electrons. The van der Waals surface area contributed by atoms with Crippen molar-refractivity contribution in [3.8, 4) is 0 Å². The van der Waals surface area contributed by atoms with Gasteiger partial charge in [0.15, 0.2) is 0 Å². The van der Waals surface area contributed by atoms with E-state index in [-0.39, 0.29) is 17.9 Å². The van der Waals surface area contributed by atoms with Gasteiger partial charge in [-0.15, -0.1) is 0 Å². The van der Waals surface area contributed by atoms with Crippen LogP contribution in [0.1, 0.15) is 36.1 Å². The molecular formula is C23H25N2O7-. The third kappa shape index (κ3) is 4.37. The molecule has 0 fully saturated rings. The van der Waals surface area contributed by atoms with Crippen LogP contribution in [-0.4, -0.2) is 30.4 Å². The molecule has 0 unspecified atom stereocenters. The van der Waals surface area contributed by atoms with Gasteiger partial charge in [0.05, 0.1) is 36.8 Å². The quantitative estimate of drug-likeness (QED) is 0.521. The van der Waals surface area contributed by atoms with Crippen molar-refractivity contribution in [2.75, 3.05) is 6.54 Å². The smallest absolute Gasteiger partial charge is 0.340 e. The van der Waals surface area contributed by atoms with Gasteiger partial charge in [0.2, 0.25) is 11.8 Å². The normalized spacial score (nSPS) is 12.3. The number of carboxylic acid groups (broad SMARTS) is 1. The highest BCUT2D eigenvalue weighted by Gasteiger charge is 2.20. The second kappa shape index (κ2) is 8.86. The fraction of sp³-hybridized carbons (Fsp3) is 0.391. The summed E-state index contributed by atoms with van der Waals surface area (Å²) in [7, 11) is 0. The monoisotopic (exact) mass is 441 g/mol. The standard InChI is InChI=1S/C23H26N2O7/c1-10(2)19(22(28)29)25-18(27)8-24-17(26)7-16-12(4)15-6-14-11(3)9-31-20(14)13(5)21(15)32-23(16)30/h6,9-10,19H,7-8H2,1-5H3,(H,24,26)(H,25,27)(H,28,29)/p-1/t19-/m0/s1. The van der Waals surface area contributed by atoms with Gasteiger partial charge in [0, 0.05) is 16.3 Å². The highest BCUT2D eigenvalue weighted by atomic mass is 16.4. The zero-order valence-electron chi connectivity index (χ0n) is 18.6. The molecule has 0 radical (unpaired) electrons. The predicted molar refractivity (Wildman–Crippen MR) is 115 cm³/mol. The largest absolute Gasteiger partial charge is 0.548 e. The van der Waals surface area contributed by atoms with Crippen LogP contribution in [0.3, 0.4) is 0 Å². The minimum Gasteiger partial charge on any atom is -0.548 e. The molecule has 0 spiro atoms. The van der Waals surface area contributed by atoms with Crippen LogP contribution in [0.2, 0.25) is 0 Å². The van der Waals surface area contributed by atoms with Crippen molar-refractivity contribution in [3.05, 3.63) is 45.0 Å². The molecule has 0 saturated heterocycles. The number of hydrogen-bond acceptors (Lipinski definition) is 7. The molecule has 32 heavy (non-hydrogen) atoms. The van der Waals surface area contributed by atoms with Crippen molar-refractivity contribution in [1.82, 2.24) is 10.6 Å². The fourth-order valence-electron chi connectivity index (χ4n) is 3.65. The van der Waals surface area contributed by atoms with E-state index in [4.69, 9.17) is 8.83 Å². The number of hydrogen-bond donors (Lipinski definition) is 2. The van der Waals surface area contributed by atoms with E-state index in [0.717, 1.165) is 10.9 Å². The summed E-state index contributed by atoms with van der Waals surface area (Å²) in [6, 6.07) is 0.705. The molecule has 0 aliphatic rings. The maximum Gasteiger partial charge on any atom is 0.340 e. The molecule has 2 heterocycles. The number of aliphatic carboxylic acids is 1. The van der Waals surface area contributed by atoms with Gasteiger partial charge in [-0.25, -0.2) is 4.79 Å². The maximum atomic E-state index is 12.6. The van der Waals surface area contributed by atoms with Crippen molar-refractivity contribution >= 4 is 39.7 Å². The van der Waals surface area contributed by atoms with E-state index in [1.165, 1.54) is 0 Å². The van der Waals surface area contributed by atoms with Crippen molar-refractivity contribution in [1.29, 1.82) is 0 Å². The molecule has 2 N–H and O–H groups in total. The van der Waals surface area contributed by atoms with Crippen LogP contribution in [0.15, 0.2) is 26.0 Å². The minimum absolute atomic E-state index is 0.185. The second-order valence-corrected chi connectivity index (χ2v) is 8.23. The Kier molecular flexibility index (Phi) is 6.38. The first kappa shape index (κ1) is 23.1. The lowest BCUT2D eigenvalue weighted by molar-refractivity contribution is -0.309. The Bertz CT molecular complexity index is 1280. The Morgan fingerprint density at radius 1 is 1.03 bits per heavy atom. The average molecular weight is 441 g/mol. The van der Waals surface area contributed by atoms with E-state index in [9.17, 15) is 24.3 Å². The van der Waals surface area contributed by atoms with Crippen LogP contribution >= 0.6 is 0 Å². The molecule has 1 atom stereocenters. The van der Waals surface area contributed by atoms with E-state index < -0.39 is 36.0 Å². The summed E-state index contributed by atoms with van der Waals surface area (Å²) in [5, 5.41) is 17.4. The SMILES string of the molecule is Cc1coc2c(C)c3oc(=O)c(CC(=O)NCC(=O)N[C@H](C(=O)[O-])C(C)C)c(C)c3cc12. The van der Waals surface area contributed by atoms with Crippen molar-refractivity contribution in [2.45, 2.75) is 47.1 Å². The van der Waals surface area contributed by atoms with E-state index in [1.807, 2.05) is 13.0 Å². The summed E-state index contributed by atoms with van der Waals surface area (Å²) >= 11 is 0. The second-order valence-electron chi connectivity index (χ2n) is 8.23. The summed E-state index contributed by atoms with van der Waals surface area (Å²) in [4.78, 5) is 48.0. The molecule has 0 aliphatic heterocycles. The fourth-order valence-corrected chi connectivity index (χ4v) is 3.65. The van der Waals surface area contributed by atoms with E-state index in [2.05, 4.69) is 10.6 Å². The van der Waals surface area contributed by atoms with Crippen LogP contribution in [0, 0.1) is 26.7 Å². The number of amides is 2. The number of nitrogens with one attached hydrogen (secondary N) is 2. The Morgan fingerprint density at radius 2 is 1.72 bits per heavy atom. The summed E-state index contributed by atoms with van der Waals surface area (Å²) < 4.78 is 11.1. The Labute approximate surface area is 183 Å². The molecule has 0 saturated carbocycles. The summed E-state index contributed by atoms with van der Waals surface area (Å²) in [6.07, 6.45) is 1.35. The number of carbonyl (C=O) groups is 3. The molecule has 3 aromatic rings. The van der Waals surface area contributed by atoms with E-state index in [0.29, 0.717) is 27.7 Å². The van der Waals surface area contributed by atoms with Gasteiger partial charge in [-0.2, -0.15) is 0 Å². The summed E-state index contributed by atoms with van der Waals surface area (Å²) in [5.41, 5.74) is 2.84. The number of benzene rings is 1. The van der Waals surface area contributed by atoms with Gasteiger partial charge < -0.3 is 29.4 Å². The number of furan rings is 1. The van der Waals surface area contributed by atoms with E-state index in [1.54, 1.807) is 34.0 Å². The Hall–Kier alpha value is -3.62. The number of carbonyl (C=O) groups excluding carboxylic acids is 3. The highest BCUT2D eigenvalue weighted by Crippen LogP contribution is 2.32. The molecule has 0 aliphatic carbocycles. The molecule has 9 nitrogen and oxygen atoms in total. The van der Waals surface area contributed by atoms with Crippen LogP contribution in [0.5, 0.6) is 0 Å². The lowest BCUT2D eigenvalue weighted by atomic mass is 9.99. The van der Waals surface area contributed by atoms with Crippen LogP contribution in [0.4, 0.5) is 0 Å². The number of fused-ring (bicyclic) bond motifs is 2. The molecular weight excluding hydrogens is 416 g/mol. The third-order valence-electron chi connectivity index (χ3n) is 5.56. The first-order chi connectivity index (χ1) is 15.0. The van der Waals surface area contributed by atoms with Crippen molar-refractivity contribution in [3.63, 3.8) is 0 Å². The Balaban J connectivity index is 1.80. The predicted octanol–water partition coefficient (Wildman–Crippen LogP) is 1.01. The highest BCUT2D eigenvalue weighted by molar-refractivity contribution is 6.00. The minimum atomic E-state index is -1.40. The molecule has 9 heteroatoms. The lowest BCUT2D eigenvalue weighted by Gasteiger charge is -2.23. The summed E-state index contributed by atoms with van der Waals surface area (Å²) in [5.74, 6) is -3.02. The number of carboxylic acids is 1. The Morgan fingerprint density at radius 3 is 2.34 bits per heavy atom. The topological polar surface area (TPSA) is 142 Å². The van der Waals surface area contributed by atoms with Crippen molar-refractivity contribution < 1.29 is 28.3 Å². The van der Waals surface area contributed by atoms with E-state index >= 15 is 0 Å². The third-order valence-corrected chi connectivity index (χ3v) is 5.56. The van der Waals surface area contributed by atoms with Crippen LogP contribution in [0.25, 0.3) is 21.9 Å². The molecule has 1 aromatic carbocycles. The number of aryl methyl sites for hydroxylation is 3. The van der Waals surface area contributed by atoms with Gasteiger partial charge in [-0.1, -0.05) is 13.8 Å². The van der Waals surface area contributed by atoms with Gasteiger partial charge in [-0.05, 0) is 43.9 Å². The van der Waals surface area contributed by atoms with Gasteiger partial charge in [0.25, 0.3) is 0 Å². The molecule has 2 aromatic heterocycles. The van der Waals surface area contributed by atoms with Gasteiger partial charge in [0.1, 0.15) is 11.2 Å². The van der Waals surface area contributed by atoms with Gasteiger partial charge >= 0.3 is 5.63 Å². The lowest BCUT2D eigenvalue weighted by Crippen LogP contribution is -2.53. The van der Waals surface area contributed by atoms with Crippen LogP contribution < -0.4 is 21.4 Å². The average Bonchev–Trinajstić information content (AvgIpc) is 3.09. The van der Waals surface area contributed by atoms with Crippen LogP contribution in [-0.2, 0) is 20.8 Å². The first-order valence-electron chi connectivity index (χ1n) is 10.2. The zero-order valence-corrected chi connectivity index (χ0v) is 18.6. The first-order valence-corrected chi connectivity index (χ1v) is 10.2. The molecule has 0 bridgehead atoms. The molecule has 2 amide bonds. The van der Waals surface area contributed by atoms with Crippen molar-refractivity contribution in [2.24, 2.45) is 5.92 Å². The number of rotatable bonds is 7. The zero-order chi connectivity index (χ0) is 23.7. The summed E-state index contributed by atoms with van der Waals surface area (Å²) in [6.45, 7) is 8.28. The maximum absolute atomic E-state index is 12.6. The van der Waals surface area contributed by atoms with Gasteiger partial charge in [-0.3, -0.25) is 9.59 Å².